The van der Waals surface area contributed by atoms with E-state index in [0.717, 1.165) is 6.42 Å². The van der Waals surface area contributed by atoms with Crippen molar-refractivity contribution < 1.29 is 9.50 Å². The van der Waals surface area contributed by atoms with Gasteiger partial charge in [-0.2, -0.15) is 0 Å². The van der Waals surface area contributed by atoms with Crippen LogP contribution in [0.25, 0.3) is 0 Å². The van der Waals surface area contributed by atoms with Gasteiger partial charge in [0.1, 0.15) is 5.82 Å². The number of hydrogen-bond acceptors (Lipinski definition) is 1. The molecule has 76 valence electrons. The molecule has 1 aliphatic rings. The van der Waals surface area contributed by atoms with Crippen LogP contribution in [0.4, 0.5) is 4.39 Å². The first kappa shape index (κ1) is 9.94. The summed E-state index contributed by atoms with van der Waals surface area (Å²) in [5.41, 5.74) is 0.529. The van der Waals surface area contributed by atoms with Gasteiger partial charge in [-0.15, -0.1) is 0 Å². The van der Waals surface area contributed by atoms with E-state index in [1.807, 2.05) is 0 Å². The molecule has 1 nitrogen and oxygen atoms in total. The first-order valence-corrected chi connectivity index (χ1v) is 5.09. The Morgan fingerprint density at radius 3 is 2.50 bits per heavy atom. The van der Waals surface area contributed by atoms with E-state index in [1.165, 1.54) is 6.07 Å². The minimum absolute atomic E-state index is 0.150. The van der Waals surface area contributed by atoms with Gasteiger partial charge in [-0.25, -0.2) is 4.39 Å². The van der Waals surface area contributed by atoms with E-state index < -0.39 is 11.4 Å². The van der Waals surface area contributed by atoms with E-state index in [1.54, 1.807) is 13.0 Å². The molecule has 0 heterocycles. The Morgan fingerprint density at radius 1 is 1.43 bits per heavy atom. The monoisotopic (exact) mass is 214 g/mol. The van der Waals surface area contributed by atoms with Gasteiger partial charge in [-0.3, -0.25) is 0 Å². The molecule has 1 N–H and O–H groups in total. The van der Waals surface area contributed by atoms with Crippen LogP contribution < -0.4 is 0 Å². The number of aliphatic hydroxyl groups is 1. The molecule has 1 aromatic rings. The van der Waals surface area contributed by atoms with Crippen LogP contribution in [0.1, 0.15) is 30.4 Å². The third-order valence-corrected chi connectivity index (χ3v) is 3.41. The zero-order valence-electron chi connectivity index (χ0n) is 7.98. The van der Waals surface area contributed by atoms with Crippen LogP contribution >= 0.6 is 11.6 Å². The molecule has 3 heteroatoms. The zero-order valence-corrected chi connectivity index (χ0v) is 8.74. The highest BCUT2D eigenvalue weighted by molar-refractivity contribution is 6.31. The van der Waals surface area contributed by atoms with Crippen molar-refractivity contribution in [1.82, 2.24) is 0 Å². The smallest absolute Gasteiger partial charge is 0.142 e. The lowest BCUT2D eigenvalue weighted by Gasteiger charge is -2.37. The summed E-state index contributed by atoms with van der Waals surface area (Å²) < 4.78 is 13.3. The molecule has 1 aromatic carbocycles. The fraction of sp³-hybridized carbons (Fsp3) is 0.455. The predicted octanol–water partition coefficient (Wildman–Crippen LogP) is 3.16. The summed E-state index contributed by atoms with van der Waals surface area (Å²) in [6.07, 6.45) is 2.43. The average Bonchev–Trinajstić information content (AvgIpc) is 2.09. The molecule has 0 aliphatic heterocycles. The molecule has 0 saturated heterocycles. The van der Waals surface area contributed by atoms with Crippen molar-refractivity contribution in [2.24, 2.45) is 0 Å². The van der Waals surface area contributed by atoms with Gasteiger partial charge in [0.2, 0.25) is 0 Å². The molecular formula is C11H12ClFO. The summed E-state index contributed by atoms with van der Waals surface area (Å²) in [7, 11) is 0. The molecule has 1 fully saturated rings. The van der Waals surface area contributed by atoms with Crippen molar-refractivity contribution in [3.8, 4) is 0 Å². The van der Waals surface area contributed by atoms with E-state index >= 15 is 0 Å². The van der Waals surface area contributed by atoms with Gasteiger partial charge in [0.15, 0.2) is 0 Å². The zero-order chi connectivity index (χ0) is 10.3. The van der Waals surface area contributed by atoms with Gasteiger partial charge in [0.05, 0.1) is 10.6 Å². The number of rotatable bonds is 1. The van der Waals surface area contributed by atoms with Crippen molar-refractivity contribution >= 4 is 11.6 Å². The molecular weight excluding hydrogens is 203 g/mol. The Balaban J connectivity index is 2.45. The molecule has 0 amide bonds. The Bertz CT molecular complexity index is 349. The minimum Gasteiger partial charge on any atom is -0.385 e. The van der Waals surface area contributed by atoms with Crippen LogP contribution in [0.2, 0.25) is 5.02 Å². The van der Waals surface area contributed by atoms with Crippen LogP contribution in [0.5, 0.6) is 0 Å². The van der Waals surface area contributed by atoms with Crippen LogP contribution in [0.3, 0.4) is 0 Å². The lowest BCUT2D eigenvalue weighted by Crippen LogP contribution is -2.33. The number of hydrogen-bond donors (Lipinski definition) is 1. The van der Waals surface area contributed by atoms with Crippen LogP contribution in [0.15, 0.2) is 12.1 Å². The third kappa shape index (κ3) is 1.43. The number of benzene rings is 1. The highest BCUT2D eigenvalue weighted by atomic mass is 35.5. The summed E-state index contributed by atoms with van der Waals surface area (Å²) in [4.78, 5) is 0. The van der Waals surface area contributed by atoms with Gasteiger partial charge >= 0.3 is 0 Å². The second-order valence-electron chi connectivity index (χ2n) is 3.97. The maximum atomic E-state index is 13.3. The molecule has 0 bridgehead atoms. The Morgan fingerprint density at radius 2 is 2.07 bits per heavy atom. The molecule has 14 heavy (non-hydrogen) atoms. The Hall–Kier alpha value is -0.600. The molecule has 0 spiro atoms. The van der Waals surface area contributed by atoms with Crippen molar-refractivity contribution in [3.63, 3.8) is 0 Å². The molecule has 1 saturated carbocycles. The summed E-state index contributed by atoms with van der Waals surface area (Å²) in [5.74, 6) is -0.443. The number of aryl methyl sites for hydroxylation is 1. The Kier molecular flexibility index (Phi) is 2.28. The summed E-state index contributed by atoms with van der Waals surface area (Å²) in [6, 6.07) is 3.11. The fourth-order valence-corrected chi connectivity index (χ4v) is 1.90. The Labute approximate surface area is 87.5 Å². The standard InChI is InChI=1S/C11H12ClFO/c1-7-5-8(6-9(13)10(7)12)11(14)3-2-4-11/h5-6,14H,2-4H2,1H3. The van der Waals surface area contributed by atoms with Crippen LogP contribution in [-0.4, -0.2) is 5.11 Å². The SMILES string of the molecule is Cc1cc(C2(O)CCC2)cc(F)c1Cl. The van der Waals surface area contributed by atoms with Gasteiger partial charge in [-0.05, 0) is 43.4 Å². The van der Waals surface area contributed by atoms with Gasteiger partial charge < -0.3 is 5.11 Å². The topological polar surface area (TPSA) is 20.2 Å². The third-order valence-electron chi connectivity index (χ3n) is 2.93. The normalized spacial score (nSPS) is 19.1. The van der Waals surface area contributed by atoms with Gasteiger partial charge in [-0.1, -0.05) is 17.7 Å². The highest BCUT2D eigenvalue weighted by Gasteiger charge is 2.36. The molecule has 0 unspecified atom stereocenters. The first-order valence-electron chi connectivity index (χ1n) is 4.71. The second kappa shape index (κ2) is 3.21. The first-order chi connectivity index (χ1) is 6.53. The maximum Gasteiger partial charge on any atom is 0.142 e. The quantitative estimate of drug-likeness (QED) is 0.762. The molecule has 1 aliphatic carbocycles. The predicted molar refractivity (Wildman–Crippen MR) is 53.9 cm³/mol. The largest absolute Gasteiger partial charge is 0.385 e. The van der Waals surface area contributed by atoms with Crippen molar-refractivity contribution in [1.29, 1.82) is 0 Å². The maximum absolute atomic E-state index is 13.3. The van der Waals surface area contributed by atoms with E-state index in [2.05, 4.69) is 0 Å². The minimum atomic E-state index is -0.809. The van der Waals surface area contributed by atoms with E-state index in [9.17, 15) is 9.50 Å². The van der Waals surface area contributed by atoms with E-state index in [-0.39, 0.29) is 5.02 Å². The molecule has 0 aromatic heterocycles. The summed E-state index contributed by atoms with van der Waals surface area (Å²) in [6.45, 7) is 1.75. The summed E-state index contributed by atoms with van der Waals surface area (Å²) in [5, 5.41) is 10.2. The van der Waals surface area contributed by atoms with E-state index in [4.69, 9.17) is 11.6 Å². The lowest BCUT2D eigenvalue weighted by molar-refractivity contribution is -0.0390. The number of halogens is 2. The van der Waals surface area contributed by atoms with Gasteiger partial charge in [0, 0.05) is 0 Å². The highest BCUT2D eigenvalue weighted by Crippen LogP contribution is 2.42. The fourth-order valence-electron chi connectivity index (χ4n) is 1.80. The molecule has 0 atom stereocenters. The van der Waals surface area contributed by atoms with Crippen molar-refractivity contribution in [3.05, 3.63) is 34.1 Å². The summed E-state index contributed by atoms with van der Waals surface area (Å²) >= 11 is 5.70. The molecule has 0 radical (unpaired) electrons. The van der Waals surface area contributed by atoms with E-state index in [0.29, 0.717) is 24.0 Å². The van der Waals surface area contributed by atoms with Gasteiger partial charge in [0.25, 0.3) is 0 Å². The van der Waals surface area contributed by atoms with Crippen molar-refractivity contribution in [2.45, 2.75) is 31.8 Å². The van der Waals surface area contributed by atoms with Crippen LogP contribution in [-0.2, 0) is 5.60 Å². The van der Waals surface area contributed by atoms with Crippen LogP contribution in [0, 0.1) is 12.7 Å². The van der Waals surface area contributed by atoms with Crippen molar-refractivity contribution in [2.75, 3.05) is 0 Å². The average molecular weight is 215 g/mol. The second-order valence-corrected chi connectivity index (χ2v) is 4.35. The lowest BCUT2D eigenvalue weighted by atomic mass is 9.75. The molecule has 2 rings (SSSR count).